The Morgan fingerprint density at radius 2 is 2.00 bits per heavy atom. The van der Waals surface area contributed by atoms with Crippen LogP contribution in [0.1, 0.15) is 15.9 Å². The van der Waals surface area contributed by atoms with E-state index >= 15 is 0 Å². The van der Waals surface area contributed by atoms with Crippen molar-refractivity contribution in [2.75, 3.05) is 4.72 Å². The molecule has 0 aliphatic rings. The van der Waals surface area contributed by atoms with Gasteiger partial charge in [0.15, 0.2) is 0 Å². The maximum atomic E-state index is 12.3. The lowest BCUT2D eigenvalue weighted by molar-refractivity contribution is 0.0696. The molecule has 1 heterocycles. The molecule has 0 amide bonds. The van der Waals surface area contributed by atoms with Gasteiger partial charge in [-0.05, 0) is 30.7 Å². The molecule has 0 aliphatic carbocycles. The molecular formula is C12H9Cl2NO4S2. The molecule has 0 saturated carbocycles. The van der Waals surface area contributed by atoms with Crippen LogP contribution in [-0.2, 0) is 10.0 Å². The summed E-state index contributed by atoms with van der Waals surface area (Å²) < 4.78 is 27.2. The Morgan fingerprint density at radius 1 is 1.33 bits per heavy atom. The van der Waals surface area contributed by atoms with E-state index in [1.54, 1.807) is 0 Å². The van der Waals surface area contributed by atoms with Crippen molar-refractivity contribution in [2.24, 2.45) is 0 Å². The van der Waals surface area contributed by atoms with Crippen LogP contribution in [0.15, 0.2) is 29.2 Å². The predicted molar refractivity (Wildman–Crippen MR) is 83.3 cm³/mol. The van der Waals surface area contributed by atoms with Crippen LogP contribution >= 0.6 is 34.5 Å². The molecule has 0 spiro atoms. The molecule has 1 aromatic carbocycles. The molecule has 2 N–H and O–H groups in total. The van der Waals surface area contributed by atoms with Crippen molar-refractivity contribution in [1.82, 2.24) is 0 Å². The van der Waals surface area contributed by atoms with Crippen LogP contribution in [0, 0.1) is 6.92 Å². The monoisotopic (exact) mass is 365 g/mol. The van der Waals surface area contributed by atoms with E-state index in [4.69, 9.17) is 28.3 Å². The van der Waals surface area contributed by atoms with E-state index in [-0.39, 0.29) is 24.8 Å². The molecule has 2 rings (SSSR count). The summed E-state index contributed by atoms with van der Waals surface area (Å²) in [6, 6.07) is 5.56. The van der Waals surface area contributed by atoms with Gasteiger partial charge in [-0.3, -0.25) is 4.72 Å². The van der Waals surface area contributed by atoms with Gasteiger partial charge in [0.1, 0.15) is 9.23 Å². The first-order valence-corrected chi connectivity index (χ1v) is 8.58. The number of nitrogens with one attached hydrogen (secondary N) is 1. The zero-order valence-electron chi connectivity index (χ0n) is 10.6. The highest BCUT2D eigenvalue weighted by Gasteiger charge is 2.22. The summed E-state index contributed by atoms with van der Waals surface area (Å²) in [4.78, 5) is 10.9. The molecular weight excluding hydrogens is 357 g/mol. The van der Waals surface area contributed by atoms with Gasteiger partial charge in [-0.2, -0.15) is 0 Å². The van der Waals surface area contributed by atoms with Crippen LogP contribution in [0.5, 0.6) is 0 Å². The fraction of sp³-hybridized carbons (Fsp3) is 0.0833. The molecule has 1 aromatic heterocycles. The standard InChI is InChI=1S/C12H9Cl2NO4S2/c1-6-7(12(16)17)3-2-4-8(6)15-21(18,19)9-5-10(13)20-11(9)14/h2-5,15H,1H3,(H,16,17). The highest BCUT2D eigenvalue weighted by molar-refractivity contribution is 7.93. The lowest BCUT2D eigenvalue weighted by atomic mass is 10.1. The van der Waals surface area contributed by atoms with Crippen molar-refractivity contribution < 1.29 is 18.3 Å². The quantitative estimate of drug-likeness (QED) is 0.861. The average Bonchev–Trinajstić information content (AvgIpc) is 2.71. The Hall–Kier alpha value is -1.28. The molecule has 0 unspecified atom stereocenters. The lowest BCUT2D eigenvalue weighted by Crippen LogP contribution is -2.14. The first-order chi connectivity index (χ1) is 9.72. The molecule has 0 aliphatic heterocycles. The van der Waals surface area contributed by atoms with Crippen molar-refractivity contribution in [1.29, 1.82) is 0 Å². The molecule has 21 heavy (non-hydrogen) atoms. The molecule has 0 bridgehead atoms. The number of carboxylic acid groups (broad SMARTS) is 1. The summed E-state index contributed by atoms with van der Waals surface area (Å²) in [7, 11) is -3.94. The number of halogens is 2. The first kappa shape index (κ1) is 16.1. The summed E-state index contributed by atoms with van der Waals surface area (Å²) >= 11 is 12.5. The SMILES string of the molecule is Cc1c(NS(=O)(=O)c2cc(Cl)sc2Cl)cccc1C(=O)O. The van der Waals surface area contributed by atoms with Gasteiger partial charge in [0.2, 0.25) is 0 Å². The van der Waals surface area contributed by atoms with Gasteiger partial charge < -0.3 is 5.11 Å². The van der Waals surface area contributed by atoms with Gasteiger partial charge in [-0.15, -0.1) is 11.3 Å². The van der Waals surface area contributed by atoms with E-state index in [9.17, 15) is 13.2 Å². The fourth-order valence-corrected chi connectivity index (χ4v) is 4.96. The lowest BCUT2D eigenvalue weighted by Gasteiger charge is -2.11. The summed E-state index contributed by atoms with van der Waals surface area (Å²) in [6.07, 6.45) is 0. The predicted octanol–water partition coefficient (Wildman–Crippen LogP) is 3.86. The molecule has 112 valence electrons. The second-order valence-corrected chi connectivity index (χ2v) is 8.01. The van der Waals surface area contributed by atoms with Crippen LogP contribution in [0.4, 0.5) is 5.69 Å². The van der Waals surface area contributed by atoms with Gasteiger partial charge in [-0.25, -0.2) is 13.2 Å². The average molecular weight is 366 g/mol. The Bertz CT molecular complexity index is 815. The maximum absolute atomic E-state index is 12.3. The summed E-state index contributed by atoms with van der Waals surface area (Å²) in [5.41, 5.74) is 0.504. The number of carbonyl (C=O) groups is 1. The number of hydrogen-bond donors (Lipinski definition) is 2. The number of thiophene rings is 1. The van der Waals surface area contributed by atoms with Crippen molar-refractivity contribution in [3.63, 3.8) is 0 Å². The summed E-state index contributed by atoms with van der Waals surface area (Å²) in [5.74, 6) is -1.13. The van der Waals surface area contributed by atoms with E-state index in [0.29, 0.717) is 5.56 Å². The van der Waals surface area contributed by atoms with E-state index in [1.807, 2.05) is 0 Å². The van der Waals surface area contributed by atoms with Gasteiger partial charge in [0.05, 0.1) is 15.6 Å². The van der Waals surface area contributed by atoms with Gasteiger partial charge in [0.25, 0.3) is 10.0 Å². The summed E-state index contributed by atoms with van der Waals surface area (Å²) in [6.45, 7) is 1.52. The Kier molecular flexibility index (Phi) is 4.48. The van der Waals surface area contributed by atoms with Gasteiger partial charge in [-0.1, -0.05) is 29.3 Å². The number of sulfonamides is 1. The number of carboxylic acids is 1. The van der Waals surface area contributed by atoms with Crippen molar-refractivity contribution in [3.8, 4) is 0 Å². The Labute approximate surface area is 135 Å². The minimum Gasteiger partial charge on any atom is -0.478 e. The number of rotatable bonds is 4. The van der Waals surface area contributed by atoms with Crippen LogP contribution in [0.2, 0.25) is 8.67 Å². The van der Waals surface area contributed by atoms with Crippen molar-refractivity contribution in [2.45, 2.75) is 11.8 Å². The molecule has 0 radical (unpaired) electrons. The van der Waals surface area contributed by atoms with E-state index < -0.39 is 16.0 Å². The highest BCUT2D eigenvalue weighted by atomic mass is 35.5. The smallest absolute Gasteiger partial charge is 0.336 e. The van der Waals surface area contributed by atoms with Crippen LogP contribution in [-0.4, -0.2) is 19.5 Å². The number of aromatic carboxylic acids is 1. The normalized spacial score (nSPS) is 11.4. The molecule has 0 fully saturated rings. The fourth-order valence-electron chi connectivity index (χ4n) is 1.69. The van der Waals surface area contributed by atoms with E-state index in [0.717, 1.165) is 11.3 Å². The molecule has 0 atom stereocenters. The van der Waals surface area contributed by atoms with Crippen LogP contribution < -0.4 is 4.72 Å². The van der Waals surface area contributed by atoms with Crippen molar-refractivity contribution >= 4 is 56.2 Å². The molecule has 5 nitrogen and oxygen atoms in total. The summed E-state index contributed by atoms with van der Waals surface area (Å²) in [5, 5.41) is 9.04. The highest BCUT2D eigenvalue weighted by Crippen LogP contribution is 2.35. The third-order valence-electron chi connectivity index (χ3n) is 2.72. The van der Waals surface area contributed by atoms with Crippen LogP contribution in [0.3, 0.4) is 0 Å². The maximum Gasteiger partial charge on any atom is 0.336 e. The number of hydrogen-bond acceptors (Lipinski definition) is 4. The van der Waals surface area contributed by atoms with E-state index in [1.165, 1.54) is 31.2 Å². The zero-order valence-corrected chi connectivity index (χ0v) is 13.7. The number of benzene rings is 1. The molecule has 0 saturated heterocycles. The first-order valence-electron chi connectivity index (χ1n) is 5.53. The molecule has 2 aromatic rings. The molecule has 9 heteroatoms. The topological polar surface area (TPSA) is 83.5 Å². The zero-order chi connectivity index (χ0) is 15.8. The third-order valence-corrected chi connectivity index (χ3v) is 5.84. The minimum absolute atomic E-state index is 0.0182. The van der Waals surface area contributed by atoms with E-state index in [2.05, 4.69) is 4.72 Å². The minimum atomic E-state index is -3.94. The number of anilines is 1. The van der Waals surface area contributed by atoms with Gasteiger partial charge in [0, 0.05) is 0 Å². The third kappa shape index (κ3) is 3.32. The van der Waals surface area contributed by atoms with Gasteiger partial charge >= 0.3 is 5.97 Å². The second-order valence-electron chi connectivity index (χ2n) is 4.08. The van der Waals surface area contributed by atoms with Crippen molar-refractivity contribution in [3.05, 3.63) is 44.1 Å². The van der Waals surface area contributed by atoms with Crippen LogP contribution in [0.25, 0.3) is 0 Å². The largest absolute Gasteiger partial charge is 0.478 e. The Morgan fingerprint density at radius 3 is 2.52 bits per heavy atom. The second kappa shape index (κ2) is 5.84. The Balaban J connectivity index is 2.45.